The Hall–Kier alpha value is -1.09. The number of benzene rings is 1. The monoisotopic (exact) mass is 194 g/mol. The second kappa shape index (κ2) is 3.58. The Morgan fingerprint density at radius 2 is 2.29 bits per heavy atom. The molecule has 2 nitrogen and oxygen atoms in total. The largest absolute Gasteiger partial charge is 0.367 e. The summed E-state index contributed by atoms with van der Waals surface area (Å²) in [7, 11) is 0. The zero-order valence-electron chi connectivity index (χ0n) is 8.33. The lowest BCUT2D eigenvalue weighted by atomic mass is 10.2. The average molecular weight is 194 g/mol. The van der Waals surface area contributed by atoms with Crippen molar-refractivity contribution in [1.29, 1.82) is 0 Å². The van der Waals surface area contributed by atoms with E-state index in [1.54, 1.807) is 6.07 Å². The number of aryl methyl sites for hydroxylation is 1. The summed E-state index contributed by atoms with van der Waals surface area (Å²) in [5, 5.41) is 0. The molecule has 14 heavy (non-hydrogen) atoms. The number of nitrogens with two attached hydrogens (primary N) is 1. The van der Waals surface area contributed by atoms with Crippen molar-refractivity contribution >= 4 is 5.69 Å². The van der Waals surface area contributed by atoms with Crippen LogP contribution in [0.1, 0.15) is 12.0 Å². The number of para-hydroxylation sites is 1. The highest BCUT2D eigenvalue weighted by Gasteiger charge is 2.22. The van der Waals surface area contributed by atoms with Crippen LogP contribution in [0.2, 0.25) is 0 Å². The molecule has 1 saturated heterocycles. The van der Waals surface area contributed by atoms with Gasteiger partial charge in [-0.3, -0.25) is 0 Å². The highest BCUT2D eigenvalue weighted by atomic mass is 19.1. The predicted molar refractivity (Wildman–Crippen MR) is 55.9 cm³/mol. The fourth-order valence-corrected chi connectivity index (χ4v) is 2.01. The van der Waals surface area contributed by atoms with Crippen LogP contribution in [-0.2, 0) is 0 Å². The minimum Gasteiger partial charge on any atom is -0.367 e. The summed E-state index contributed by atoms with van der Waals surface area (Å²) in [6, 6.07) is 5.37. The number of hydrogen-bond acceptors (Lipinski definition) is 2. The fraction of sp³-hybridized carbons (Fsp3) is 0.455. The summed E-state index contributed by atoms with van der Waals surface area (Å²) < 4.78 is 13.5. The molecule has 0 spiro atoms. The van der Waals surface area contributed by atoms with Crippen molar-refractivity contribution < 1.29 is 4.39 Å². The molecule has 2 N–H and O–H groups in total. The smallest absolute Gasteiger partial charge is 0.146 e. The van der Waals surface area contributed by atoms with Gasteiger partial charge in [-0.2, -0.15) is 0 Å². The first-order valence-electron chi connectivity index (χ1n) is 4.94. The molecule has 0 aromatic heterocycles. The van der Waals surface area contributed by atoms with E-state index in [2.05, 4.69) is 0 Å². The third-order valence-corrected chi connectivity index (χ3v) is 2.73. The van der Waals surface area contributed by atoms with Crippen LogP contribution in [0.3, 0.4) is 0 Å². The van der Waals surface area contributed by atoms with Crippen LogP contribution in [-0.4, -0.2) is 19.1 Å². The molecule has 1 aliphatic heterocycles. The summed E-state index contributed by atoms with van der Waals surface area (Å²) in [5.41, 5.74) is 7.51. The van der Waals surface area contributed by atoms with Crippen molar-refractivity contribution in [3.05, 3.63) is 29.6 Å². The van der Waals surface area contributed by atoms with E-state index < -0.39 is 0 Å². The summed E-state index contributed by atoms with van der Waals surface area (Å²) in [6.45, 7) is 3.56. The Morgan fingerprint density at radius 3 is 2.86 bits per heavy atom. The van der Waals surface area contributed by atoms with Crippen molar-refractivity contribution in [2.75, 3.05) is 18.0 Å². The molecule has 76 valence electrons. The number of rotatable bonds is 1. The molecule has 0 amide bonds. The Bertz CT molecular complexity index is 318. The van der Waals surface area contributed by atoms with Crippen molar-refractivity contribution in [1.82, 2.24) is 0 Å². The van der Waals surface area contributed by atoms with Gasteiger partial charge in [0.15, 0.2) is 0 Å². The molecule has 3 heteroatoms. The van der Waals surface area contributed by atoms with E-state index in [9.17, 15) is 4.39 Å². The third-order valence-electron chi connectivity index (χ3n) is 2.73. The van der Waals surface area contributed by atoms with E-state index in [-0.39, 0.29) is 11.9 Å². The lowest BCUT2D eigenvalue weighted by molar-refractivity contribution is 0.621. The van der Waals surface area contributed by atoms with Gasteiger partial charge in [0.05, 0.1) is 5.69 Å². The van der Waals surface area contributed by atoms with Crippen LogP contribution in [0.5, 0.6) is 0 Å². The van der Waals surface area contributed by atoms with Crippen molar-refractivity contribution in [2.45, 2.75) is 19.4 Å². The molecular weight excluding hydrogens is 179 g/mol. The van der Waals surface area contributed by atoms with Crippen LogP contribution in [0.25, 0.3) is 0 Å². The van der Waals surface area contributed by atoms with Crippen molar-refractivity contribution in [2.24, 2.45) is 5.73 Å². The molecule has 0 saturated carbocycles. The molecule has 1 heterocycles. The predicted octanol–water partition coefficient (Wildman–Crippen LogP) is 1.67. The molecule has 0 bridgehead atoms. The number of halogens is 1. The minimum absolute atomic E-state index is 0.140. The van der Waals surface area contributed by atoms with Gasteiger partial charge in [0.1, 0.15) is 5.82 Å². The molecule has 1 fully saturated rings. The topological polar surface area (TPSA) is 29.3 Å². The maximum absolute atomic E-state index is 13.5. The maximum Gasteiger partial charge on any atom is 0.146 e. The van der Waals surface area contributed by atoms with Crippen LogP contribution in [0.15, 0.2) is 18.2 Å². The summed E-state index contributed by atoms with van der Waals surface area (Å²) in [5.74, 6) is -0.140. The maximum atomic E-state index is 13.5. The zero-order valence-corrected chi connectivity index (χ0v) is 8.33. The van der Waals surface area contributed by atoms with Crippen molar-refractivity contribution in [3.63, 3.8) is 0 Å². The molecule has 0 radical (unpaired) electrons. The highest BCUT2D eigenvalue weighted by molar-refractivity contribution is 5.55. The van der Waals surface area contributed by atoms with Gasteiger partial charge in [0.2, 0.25) is 0 Å². The first-order chi connectivity index (χ1) is 6.68. The van der Waals surface area contributed by atoms with Gasteiger partial charge in [0, 0.05) is 19.1 Å². The Labute approximate surface area is 83.5 Å². The highest BCUT2D eigenvalue weighted by Crippen LogP contribution is 2.26. The molecule has 0 aliphatic carbocycles. The van der Waals surface area contributed by atoms with E-state index >= 15 is 0 Å². The van der Waals surface area contributed by atoms with Crippen LogP contribution in [0, 0.1) is 12.7 Å². The SMILES string of the molecule is Cc1cccc(F)c1N1CC[C@@H](N)C1. The molecular formula is C11H15FN2. The summed E-state index contributed by atoms with van der Waals surface area (Å²) in [4.78, 5) is 2.04. The molecule has 2 rings (SSSR count). The number of anilines is 1. The van der Waals surface area contributed by atoms with Crippen LogP contribution in [0.4, 0.5) is 10.1 Å². The van der Waals surface area contributed by atoms with E-state index in [1.165, 1.54) is 6.07 Å². The fourth-order valence-electron chi connectivity index (χ4n) is 2.01. The molecule has 1 aromatic rings. The first kappa shape index (κ1) is 9.46. The zero-order chi connectivity index (χ0) is 10.1. The Kier molecular flexibility index (Phi) is 2.42. The second-order valence-corrected chi connectivity index (χ2v) is 3.90. The molecule has 1 atom stereocenters. The van der Waals surface area contributed by atoms with Crippen molar-refractivity contribution in [3.8, 4) is 0 Å². The Morgan fingerprint density at radius 1 is 1.50 bits per heavy atom. The standard InChI is InChI=1S/C11H15FN2/c1-8-3-2-4-10(12)11(8)14-6-5-9(13)7-14/h2-4,9H,5-7,13H2,1H3/t9-/m1/s1. The van der Waals surface area contributed by atoms with E-state index in [1.807, 2.05) is 17.9 Å². The summed E-state index contributed by atoms with van der Waals surface area (Å²) >= 11 is 0. The second-order valence-electron chi connectivity index (χ2n) is 3.90. The van der Waals surface area contributed by atoms with Gasteiger partial charge in [0.25, 0.3) is 0 Å². The molecule has 0 unspecified atom stereocenters. The van der Waals surface area contributed by atoms with Gasteiger partial charge in [-0.15, -0.1) is 0 Å². The normalized spacial score (nSPS) is 21.6. The number of nitrogens with zero attached hydrogens (tertiary/aromatic N) is 1. The first-order valence-corrected chi connectivity index (χ1v) is 4.94. The van der Waals surface area contributed by atoms with E-state index in [4.69, 9.17) is 5.73 Å². The Balaban J connectivity index is 2.31. The molecule has 1 aliphatic rings. The molecule has 1 aromatic carbocycles. The number of hydrogen-bond donors (Lipinski definition) is 1. The summed E-state index contributed by atoms with van der Waals surface area (Å²) in [6.07, 6.45) is 0.952. The van der Waals surface area contributed by atoms with Gasteiger partial charge < -0.3 is 10.6 Å². The van der Waals surface area contributed by atoms with E-state index in [0.717, 1.165) is 30.8 Å². The lowest BCUT2D eigenvalue weighted by Crippen LogP contribution is -2.27. The average Bonchev–Trinajstić information content (AvgIpc) is 2.51. The van der Waals surface area contributed by atoms with Gasteiger partial charge in [-0.05, 0) is 25.0 Å². The minimum atomic E-state index is -0.140. The lowest BCUT2D eigenvalue weighted by Gasteiger charge is -2.20. The van der Waals surface area contributed by atoms with Gasteiger partial charge in [-0.1, -0.05) is 12.1 Å². The van der Waals surface area contributed by atoms with E-state index in [0.29, 0.717) is 0 Å². The third kappa shape index (κ3) is 1.60. The van der Waals surface area contributed by atoms with Gasteiger partial charge >= 0.3 is 0 Å². The van der Waals surface area contributed by atoms with Crippen LogP contribution < -0.4 is 10.6 Å². The van der Waals surface area contributed by atoms with Gasteiger partial charge in [-0.25, -0.2) is 4.39 Å². The quantitative estimate of drug-likeness (QED) is 0.737. The van der Waals surface area contributed by atoms with Crippen LogP contribution >= 0.6 is 0 Å².